The van der Waals surface area contributed by atoms with E-state index in [9.17, 15) is 9.59 Å². The minimum atomic E-state index is -0.0708. The normalized spacial score (nSPS) is 15.4. The summed E-state index contributed by atoms with van der Waals surface area (Å²) in [5.74, 6) is 0.310. The molecule has 1 aromatic heterocycles. The molecule has 1 unspecified atom stereocenters. The van der Waals surface area contributed by atoms with Crippen LogP contribution in [0.5, 0.6) is 0 Å². The maximum Gasteiger partial charge on any atom is 0.257 e. The number of aryl methyl sites for hydroxylation is 1. The first kappa shape index (κ1) is 21.8. The van der Waals surface area contributed by atoms with Crippen molar-refractivity contribution in [3.63, 3.8) is 0 Å². The summed E-state index contributed by atoms with van der Waals surface area (Å²) < 4.78 is 1.76. The number of benzene rings is 2. The SMILES string of the molecule is Cc1nn(-c2ccccc2)cc1C(=O)N1CCC(C(C)C(=O)NCc2ccccc2)CC1. The fraction of sp³-hybridized carbons (Fsp3) is 0.346. The number of nitrogens with one attached hydrogen (secondary N) is 1. The maximum absolute atomic E-state index is 13.1. The van der Waals surface area contributed by atoms with Crippen LogP contribution in [-0.2, 0) is 11.3 Å². The third-order valence-electron chi connectivity index (χ3n) is 6.41. The van der Waals surface area contributed by atoms with Crippen LogP contribution in [0.3, 0.4) is 0 Å². The molecule has 2 aromatic carbocycles. The van der Waals surface area contributed by atoms with Gasteiger partial charge in [-0.15, -0.1) is 0 Å². The minimum Gasteiger partial charge on any atom is -0.352 e. The van der Waals surface area contributed by atoms with E-state index in [-0.39, 0.29) is 23.7 Å². The van der Waals surface area contributed by atoms with Crippen molar-refractivity contribution in [1.82, 2.24) is 20.0 Å². The number of hydrogen-bond donors (Lipinski definition) is 1. The first-order valence-corrected chi connectivity index (χ1v) is 11.3. The van der Waals surface area contributed by atoms with Gasteiger partial charge in [0, 0.05) is 31.7 Å². The van der Waals surface area contributed by atoms with E-state index < -0.39 is 0 Å². The fourth-order valence-corrected chi connectivity index (χ4v) is 4.32. The van der Waals surface area contributed by atoms with Gasteiger partial charge in [0.15, 0.2) is 0 Å². The van der Waals surface area contributed by atoms with Crippen LogP contribution >= 0.6 is 0 Å². The highest BCUT2D eigenvalue weighted by Crippen LogP contribution is 2.26. The molecule has 1 atom stereocenters. The van der Waals surface area contributed by atoms with Gasteiger partial charge in [-0.1, -0.05) is 55.5 Å². The molecular formula is C26H30N4O2. The van der Waals surface area contributed by atoms with Gasteiger partial charge in [0.25, 0.3) is 5.91 Å². The standard InChI is InChI=1S/C26H30N4O2/c1-19(25(31)27-17-21-9-5-3-6-10-21)22-13-15-29(16-14-22)26(32)24-18-30(28-20(24)2)23-11-7-4-8-12-23/h3-12,18-19,22H,13-17H2,1-2H3,(H,27,31). The van der Waals surface area contributed by atoms with Gasteiger partial charge in [0.05, 0.1) is 16.9 Å². The minimum absolute atomic E-state index is 0.0179. The van der Waals surface area contributed by atoms with Crippen molar-refractivity contribution in [3.05, 3.63) is 83.7 Å². The zero-order valence-electron chi connectivity index (χ0n) is 18.7. The summed E-state index contributed by atoms with van der Waals surface area (Å²) in [7, 11) is 0. The van der Waals surface area contributed by atoms with Gasteiger partial charge < -0.3 is 10.2 Å². The molecule has 2 heterocycles. The zero-order valence-corrected chi connectivity index (χ0v) is 18.7. The van der Waals surface area contributed by atoms with Gasteiger partial charge in [0.2, 0.25) is 5.91 Å². The highest BCUT2D eigenvalue weighted by Gasteiger charge is 2.31. The first-order chi connectivity index (χ1) is 15.5. The highest BCUT2D eigenvalue weighted by atomic mass is 16.2. The monoisotopic (exact) mass is 430 g/mol. The predicted molar refractivity (Wildman–Crippen MR) is 124 cm³/mol. The van der Waals surface area contributed by atoms with E-state index >= 15 is 0 Å². The van der Waals surface area contributed by atoms with Crippen LogP contribution in [0.15, 0.2) is 66.9 Å². The molecule has 3 aromatic rings. The lowest BCUT2D eigenvalue weighted by molar-refractivity contribution is -0.126. The third kappa shape index (κ3) is 4.90. The topological polar surface area (TPSA) is 67.2 Å². The van der Waals surface area contributed by atoms with Crippen LogP contribution in [0.25, 0.3) is 5.69 Å². The highest BCUT2D eigenvalue weighted by molar-refractivity contribution is 5.95. The van der Waals surface area contributed by atoms with Gasteiger partial charge in [-0.2, -0.15) is 5.10 Å². The Morgan fingerprint density at radius 3 is 2.31 bits per heavy atom. The van der Waals surface area contributed by atoms with Crippen LogP contribution < -0.4 is 5.32 Å². The quantitative estimate of drug-likeness (QED) is 0.643. The lowest BCUT2D eigenvalue weighted by Crippen LogP contribution is -2.42. The van der Waals surface area contributed by atoms with Crippen LogP contribution in [0.2, 0.25) is 0 Å². The van der Waals surface area contributed by atoms with Crippen LogP contribution in [0.1, 0.15) is 41.4 Å². The molecule has 0 spiro atoms. The molecule has 1 aliphatic heterocycles. The summed E-state index contributed by atoms with van der Waals surface area (Å²) in [6.07, 6.45) is 3.48. The Balaban J connectivity index is 1.32. The molecule has 1 saturated heterocycles. The van der Waals surface area contributed by atoms with Crippen molar-refractivity contribution in [2.45, 2.75) is 33.2 Å². The number of piperidine rings is 1. The summed E-state index contributed by atoms with van der Waals surface area (Å²) >= 11 is 0. The van der Waals surface area contributed by atoms with Gasteiger partial charge in [-0.05, 0) is 43.4 Å². The molecule has 32 heavy (non-hydrogen) atoms. The molecule has 6 nitrogen and oxygen atoms in total. The zero-order chi connectivity index (χ0) is 22.5. The van der Waals surface area contributed by atoms with E-state index in [0.29, 0.717) is 25.2 Å². The van der Waals surface area contributed by atoms with E-state index in [0.717, 1.165) is 29.8 Å². The molecule has 6 heteroatoms. The first-order valence-electron chi connectivity index (χ1n) is 11.3. The molecule has 1 fully saturated rings. The van der Waals surface area contributed by atoms with Crippen molar-refractivity contribution < 1.29 is 9.59 Å². The molecule has 2 amide bonds. The summed E-state index contributed by atoms with van der Waals surface area (Å²) in [5, 5.41) is 7.58. The van der Waals surface area contributed by atoms with E-state index in [1.807, 2.05) is 85.6 Å². The van der Waals surface area contributed by atoms with Gasteiger partial charge in [0.1, 0.15) is 0 Å². The Morgan fingerprint density at radius 2 is 1.66 bits per heavy atom. The average molecular weight is 431 g/mol. The molecule has 0 radical (unpaired) electrons. The van der Waals surface area contributed by atoms with Gasteiger partial charge in [-0.3, -0.25) is 9.59 Å². The van der Waals surface area contributed by atoms with Crippen molar-refractivity contribution >= 4 is 11.8 Å². The van der Waals surface area contributed by atoms with Crippen molar-refractivity contribution in [3.8, 4) is 5.69 Å². The number of carbonyl (C=O) groups is 2. The Bertz CT molecular complexity index is 1050. The summed E-state index contributed by atoms with van der Waals surface area (Å²) in [5.41, 5.74) is 3.40. The molecule has 4 rings (SSSR count). The Kier molecular flexibility index (Phi) is 6.69. The number of para-hydroxylation sites is 1. The maximum atomic E-state index is 13.1. The molecular weight excluding hydrogens is 400 g/mol. The molecule has 0 aliphatic carbocycles. The number of amides is 2. The van der Waals surface area contributed by atoms with Crippen LogP contribution in [-0.4, -0.2) is 39.6 Å². The molecule has 0 bridgehead atoms. The number of likely N-dealkylation sites (tertiary alicyclic amines) is 1. The fourth-order valence-electron chi connectivity index (χ4n) is 4.32. The number of aromatic nitrogens is 2. The van der Waals surface area contributed by atoms with Crippen LogP contribution in [0.4, 0.5) is 0 Å². The van der Waals surface area contributed by atoms with E-state index in [4.69, 9.17) is 0 Å². The summed E-state index contributed by atoms with van der Waals surface area (Å²) in [6.45, 7) is 5.74. The Hall–Kier alpha value is -3.41. The van der Waals surface area contributed by atoms with Crippen LogP contribution in [0, 0.1) is 18.8 Å². The largest absolute Gasteiger partial charge is 0.352 e. The second-order valence-corrected chi connectivity index (χ2v) is 8.53. The van der Waals surface area contributed by atoms with Gasteiger partial charge in [-0.25, -0.2) is 4.68 Å². The third-order valence-corrected chi connectivity index (χ3v) is 6.41. The summed E-state index contributed by atoms with van der Waals surface area (Å²) in [6, 6.07) is 19.7. The van der Waals surface area contributed by atoms with Crippen molar-refractivity contribution in [1.29, 1.82) is 0 Å². The van der Waals surface area contributed by atoms with E-state index in [2.05, 4.69) is 10.4 Å². The predicted octanol–water partition coefficient (Wildman–Crippen LogP) is 3.99. The number of rotatable bonds is 6. The number of carbonyl (C=O) groups excluding carboxylic acids is 2. The van der Waals surface area contributed by atoms with Crippen molar-refractivity contribution in [2.24, 2.45) is 11.8 Å². The average Bonchev–Trinajstić information content (AvgIpc) is 3.24. The van der Waals surface area contributed by atoms with E-state index in [1.54, 1.807) is 4.68 Å². The number of nitrogens with zero attached hydrogens (tertiary/aromatic N) is 3. The van der Waals surface area contributed by atoms with Crippen molar-refractivity contribution in [2.75, 3.05) is 13.1 Å². The Morgan fingerprint density at radius 1 is 1.03 bits per heavy atom. The number of hydrogen-bond acceptors (Lipinski definition) is 3. The van der Waals surface area contributed by atoms with Gasteiger partial charge >= 0.3 is 0 Å². The molecule has 166 valence electrons. The lowest BCUT2D eigenvalue weighted by atomic mass is 9.84. The molecule has 0 saturated carbocycles. The molecule has 1 N–H and O–H groups in total. The second-order valence-electron chi connectivity index (χ2n) is 8.53. The second kappa shape index (κ2) is 9.81. The smallest absolute Gasteiger partial charge is 0.257 e. The summed E-state index contributed by atoms with van der Waals surface area (Å²) in [4.78, 5) is 27.7. The van der Waals surface area contributed by atoms with E-state index in [1.165, 1.54) is 0 Å². The lowest BCUT2D eigenvalue weighted by Gasteiger charge is -2.34. The Labute approximate surface area is 189 Å². The molecule has 1 aliphatic rings.